The molecular weight excluding hydrogens is 436 g/mol. The molecule has 0 fully saturated rings. The van der Waals surface area contributed by atoms with Crippen LogP contribution in [0.25, 0.3) is 5.82 Å². The third-order valence-corrected chi connectivity index (χ3v) is 4.96. The Kier molecular flexibility index (Phi) is 6.28. The van der Waals surface area contributed by atoms with E-state index < -0.39 is 0 Å². The van der Waals surface area contributed by atoms with Gasteiger partial charge in [-0.05, 0) is 62.7 Å². The molecule has 29 heavy (non-hydrogen) atoms. The van der Waals surface area contributed by atoms with Crippen LogP contribution in [-0.2, 0) is 9.63 Å². The fourth-order valence-electron chi connectivity index (χ4n) is 2.66. The zero-order chi connectivity index (χ0) is 21.0. The maximum atomic E-state index is 12.0. The summed E-state index contributed by atoms with van der Waals surface area (Å²) in [5.74, 6) is 0.475. The van der Waals surface area contributed by atoms with E-state index in [1.807, 2.05) is 39.0 Å². The molecule has 0 unspecified atom stereocenters. The summed E-state index contributed by atoms with van der Waals surface area (Å²) in [6, 6.07) is 11.0. The van der Waals surface area contributed by atoms with Crippen molar-refractivity contribution in [3.63, 3.8) is 0 Å². The van der Waals surface area contributed by atoms with Gasteiger partial charge in [0.25, 0.3) is 5.91 Å². The minimum absolute atomic E-state index is 0.129. The van der Waals surface area contributed by atoms with Gasteiger partial charge in [0.15, 0.2) is 18.3 Å². The monoisotopic (exact) mass is 456 g/mol. The number of aromatic nitrogens is 3. The van der Waals surface area contributed by atoms with Crippen molar-refractivity contribution in [2.45, 2.75) is 20.8 Å². The number of amidine groups is 1. The Hall–Kier alpha value is -3.20. The fraction of sp³-hybridized carbons (Fsp3) is 0.200. The normalized spacial score (nSPS) is 11.4. The number of carbonyl (C=O) groups excluding carboxylic acids is 1. The molecule has 2 heterocycles. The van der Waals surface area contributed by atoms with Crippen molar-refractivity contribution >= 4 is 33.4 Å². The van der Waals surface area contributed by atoms with Crippen LogP contribution < -0.4 is 11.1 Å². The van der Waals surface area contributed by atoms with Gasteiger partial charge in [-0.25, -0.2) is 9.67 Å². The molecule has 0 aliphatic carbocycles. The molecule has 1 aromatic carbocycles. The summed E-state index contributed by atoms with van der Waals surface area (Å²) < 4.78 is 2.72. The van der Waals surface area contributed by atoms with E-state index in [1.54, 1.807) is 29.1 Å². The Balaban J connectivity index is 1.57. The Bertz CT molecular complexity index is 1060. The minimum Gasteiger partial charge on any atom is -0.384 e. The average molecular weight is 457 g/mol. The molecule has 0 saturated heterocycles. The van der Waals surface area contributed by atoms with Gasteiger partial charge in [-0.3, -0.25) is 4.79 Å². The second-order valence-corrected chi connectivity index (χ2v) is 7.36. The number of halogens is 1. The number of hydrogen-bond acceptors (Lipinski definition) is 5. The van der Waals surface area contributed by atoms with E-state index in [0.29, 0.717) is 17.1 Å². The quantitative estimate of drug-likeness (QED) is 0.336. The van der Waals surface area contributed by atoms with Crippen LogP contribution in [0.1, 0.15) is 22.5 Å². The molecule has 9 heteroatoms. The first-order chi connectivity index (χ1) is 13.8. The molecule has 150 valence electrons. The zero-order valence-electron chi connectivity index (χ0n) is 16.3. The molecule has 0 saturated carbocycles. The van der Waals surface area contributed by atoms with Gasteiger partial charge in [-0.2, -0.15) is 5.10 Å². The van der Waals surface area contributed by atoms with E-state index >= 15 is 0 Å². The van der Waals surface area contributed by atoms with Crippen LogP contribution in [0.5, 0.6) is 0 Å². The molecule has 0 radical (unpaired) electrons. The second kappa shape index (κ2) is 8.87. The molecular formula is C20H21BrN6O2. The third kappa shape index (κ3) is 5.20. The molecule has 0 atom stereocenters. The molecule has 0 aliphatic rings. The van der Waals surface area contributed by atoms with Gasteiger partial charge in [0.2, 0.25) is 0 Å². The molecule has 0 spiro atoms. The lowest BCUT2D eigenvalue weighted by atomic mass is 10.2. The highest BCUT2D eigenvalue weighted by molar-refractivity contribution is 9.10. The first-order valence-corrected chi connectivity index (χ1v) is 9.64. The number of benzene rings is 1. The van der Waals surface area contributed by atoms with Gasteiger partial charge in [-0.1, -0.05) is 21.1 Å². The van der Waals surface area contributed by atoms with Gasteiger partial charge >= 0.3 is 0 Å². The SMILES string of the molecule is Cc1cc(C)n(-c2ccc(/C(N)=N/OCC(=O)Nc3ccc(Br)c(C)c3)cn2)n1. The summed E-state index contributed by atoms with van der Waals surface area (Å²) >= 11 is 3.42. The van der Waals surface area contributed by atoms with E-state index in [2.05, 4.69) is 36.5 Å². The number of nitrogens with one attached hydrogen (secondary N) is 1. The predicted molar refractivity (Wildman–Crippen MR) is 115 cm³/mol. The van der Waals surface area contributed by atoms with Gasteiger partial charge < -0.3 is 15.9 Å². The van der Waals surface area contributed by atoms with Crippen molar-refractivity contribution < 1.29 is 9.63 Å². The van der Waals surface area contributed by atoms with E-state index in [-0.39, 0.29) is 18.3 Å². The topological polar surface area (TPSA) is 107 Å². The van der Waals surface area contributed by atoms with Crippen LogP contribution in [0.3, 0.4) is 0 Å². The zero-order valence-corrected chi connectivity index (χ0v) is 17.9. The highest BCUT2D eigenvalue weighted by Gasteiger charge is 2.08. The second-order valence-electron chi connectivity index (χ2n) is 6.51. The lowest BCUT2D eigenvalue weighted by Crippen LogP contribution is -2.19. The number of rotatable bonds is 6. The van der Waals surface area contributed by atoms with Crippen molar-refractivity contribution in [3.05, 3.63) is 69.6 Å². The number of hydrogen-bond donors (Lipinski definition) is 2. The molecule has 3 rings (SSSR count). The molecule has 0 bridgehead atoms. The summed E-state index contributed by atoms with van der Waals surface area (Å²) in [7, 11) is 0. The maximum Gasteiger partial charge on any atom is 0.265 e. The largest absolute Gasteiger partial charge is 0.384 e. The number of nitrogens with zero attached hydrogens (tertiary/aromatic N) is 4. The van der Waals surface area contributed by atoms with E-state index in [0.717, 1.165) is 21.4 Å². The fourth-order valence-corrected chi connectivity index (χ4v) is 2.90. The number of amides is 1. The van der Waals surface area contributed by atoms with Crippen molar-refractivity contribution in [1.29, 1.82) is 0 Å². The number of anilines is 1. The van der Waals surface area contributed by atoms with E-state index in [9.17, 15) is 4.79 Å². The van der Waals surface area contributed by atoms with Crippen LogP contribution in [0.15, 0.2) is 52.2 Å². The molecule has 8 nitrogen and oxygen atoms in total. The summed E-state index contributed by atoms with van der Waals surface area (Å²) in [5, 5.41) is 10.9. The molecule has 3 aromatic rings. The number of carbonyl (C=O) groups is 1. The van der Waals surface area contributed by atoms with Crippen LogP contribution in [-0.4, -0.2) is 33.1 Å². The lowest BCUT2D eigenvalue weighted by molar-refractivity contribution is -0.120. The number of oxime groups is 1. The van der Waals surface area contributed by atoms with Crippen LogP contribution in [0.2, 0.25) is 0 Å². The van der Waals surface area contributed by atoms with Gasteiger partial charge in [0.05, 0.1) is 5.69 Å². The Labute approximate surface area is 176 Å². The first kappa shape index (κ1) is 20.5. The summed E-state index contributed by atoms with van der Waals surface area (Å²) in [4.78, 5) is 21.4. The van der Waals surface area contributed by atoms with Crippen LogP contribution in [0, 0.1) is 20.8 Å². The van der Waals surface area contributed by atoms with Crippen LogP contribution >= 0.6 is 15.9 Å². The number of aryl methyl sites for hydroxylation is 3. The van der Waals surface area contributed by atoms with Gasteiger partial charge in [0, 0.05) is 27.6 Å². The van der Waals surface area contributed by atoms with Gasteiger partial charge in [0.1, 0.15) is 0 Å². The van der Waals surface area contributed by atoms with Crippen molar-refractivity contribution in [2.24, 2.45) is 10.9 Å². The highest BCUT2D eigenvalue weighted by Crippen LogP contribution is 2.19. The lowest BCUT2D eigenvalue weighted by Gasteiger charge is -2.07. The van der Waals surface area contributed by atoms with Gasteiger partial charge in [-0.15, -0.1) is 0 Å². The van der Waals surface area contributed by atoms with Crippen molar-refractivity contribution in [2.75, 3.05) is 11.9 Å². The number of pyridine rings is 1. The summed E-state index contributed by atoms with van der Waals surface area (Å²) in [6.07, 6.45) is 1.58. The summed E-state index contributed by atoms with van der Waals surface area (Å²) in [6.45, 7) is 5.57. The number of nitrogens with two attached hydrogens (primary N) is 1. The molecule has 0 aliphatic heterocycles. The van der Waals surface area contributed by atoms with E-state index in [1.165, 1.54) is 0 Å². The average Bonchev–Trinajstić information content (AvgIpc) is 3.03. The maximum absolute atomic E-state index is 12.0. The van der Waals surface area contributed by atoms with Crippen LogP contribution in [0.4, 0.5) is 5.69 Å². The minimum atomic E-state index is -0.332. The van der Waals surface area contributed by atoms with Crippen molar-refractivity contribution in [1.82, 2.24) is 14.8 Å². The Morgan fingerprint density at radius 2 is 2.03 bits per heavy atom. The van der Waals surface area contributed by atoms with Crippen molar-refractivity contribution in [3.8, 4) is 5.82 Å². The molecule has 2 aromatic heterocycles. The Morgan fingerprint density at radius 3 is 2.66 bits per heavy atom. The third-order valence-electron chi connectivity index (χ3n) is 4.07. The van der Waals surface area contributed by atoms with E-state index in [4.69, 9.17) is 10.6 Å². The molecule has 1 amide bonds. The summed E-state index contributed by atoms with van der Waals surface area (Å²) in [5.41, 5.74) is 10.1. The standard InChI is InChI=1S/C20H21BrN6O2/c1-12-8-16(5-6-17(12)21)24-19(28)11-29-26-20(22)15-4-7-18(23-10-15)27-14(3)9-13(2)25-27/h4-10H,11H2,1-3H3,(H2,22,26)(H,24,28). The smallest absolute Gasteiger partial charge is 0.265 e. The predicted octanol–water partition coefficient (Wildman–Crippen LogP) is 3.23. The first-order valence-electron chi connectivity index (χ1n) is 8.85. The molecule has 3 N–H and O–H groups in total. The Morgan fingerprint density at radius 1 is 1.24 bits per heavy atom. The highest BCUT2D eigenvalue weighted by atomic mass is 79.9.